The van der Waals surface area contributed by atoms with E-state index in [9.17, 15) is 0 Å². The first-order valence-corrected chi connectivity index (χ1v) is 52.1. The van der Waals surface area contributed by atoms with Gasteiger partial charge in [-0.2, -0.15) is 0 Å². The molecule has 0 aliphatic heterocycles. The van der Waals surface area contributed by atoms with Crippen molar-refractivity contribution in [2.45, 2.75) is 19.3 Å². The molecule has 0 N–H and O–H groups in total. The van der Waals surface area contributed by atoms with Gasteiger partial charge < -0.3 is 18.1 Å². The standard InChI is InChI=1S/C55H39N3.C47H28N2S.C39H24N2O/c1-55(2)47-26-13-12-24-44(47)53-43(25-15-27-48(53)55)40-28-30-51-45(33-40)46-34-41(29-31-52(46)58(51)42-23-14-22-39(32-42)36-16-6-3-7-17-36)50-35-49(37-18-8-4-9-19-37)56-54(57-50)38-20-10-5-11-21-38;1-2-11-29(12-3-1)35-17-8-19-38-39-20-9-18-36(47(39)50-46(35)38)32-23-25-42-41(27-32)37-24-22-30-13-4-7-16-34(30)45(37)49(42)43-28-31-14-5-6-15-33(31)44-40(43)21-10-26-48-44;1-3-12-35-31(9-1)34-23-27(28-16-20-33-32-10-2-4-13-37(32)42-38(33)24-28)17-21-36(34)41(35)29-18-14-25(15-19-29)30-11-5-7-26-8-6-22-40-39(26)30/h3-35H,1-2H3;1-28H;1-24H. The Bertz CT molecular complexity index is 10600. The zero-order valence-corrected chi connectivity index (χ0v) is 82.8. The van der Waals surface area contributed by atoms with Gasteiger partial charge in [-0.15, -0.1) is 11.3 Å². The molecule has 0 fully saturated rings. The average Bonchev–Trinajstić information content (AvgIpc) is 1.63. The first-order chi connectivity index (χ1) is 74.1. The van der Waals surface area contributed by atoms with Gasteiger partial charge in [-0.1, -0.05) is 390 Å². The van der Waals surface area contributed by atoms with Crippen LogP contribution in [0.2, 0.25) is 0 Å². The molecule has 8 aromatic heterocycles. The summed E-state index contributed by atoms with van der Waals surface area (Å²) in [6, 6.07) is 181. The fourth-order valence-corrected chi connectivity index (χ4v) is 25.1. The molecule has 0 radical (unpaired) electrons. The fraction of sp³-hybridized carbons (Fsp3) is 0.0213. The normalized spacial score (nSPS) is 12.3. The molecule has 150 heavy (non-hydrogen) atoms. The highest BCUT2D eigenvalue weighted by Gasteiger charge is 2.37. The Labute approximate surface area is 869 Å². The van der Waals surface area contributed by atoms with Gasteiger partial charge in [0.2, 0.25) is 0 Å². The van der Waals surface area contributed by atoms with Gasteiger partial charge in [0, 0.05) is 136 Å². The van der Waals surface area contributed by atoms with Crippen LogP contribution < -0.4 is 0 Å². The minimum atomic E-state index is -0.0739. The zero-order valence-electron chi connectivity index (χ0n) is 82.0. The van der Waals surface area contributed by atoms with Crippen LogP contribution in [0.15, 0.2) is 520 Å². The molecule has 1 aliphatic rings. The van der Waals surface area contributed by atoms with E-state index in [4.69, 9.17) is 19.4 Å². The first-order valence-electron chi connectivity index (χ1n) is 51.3. The smallest absolute Gasteiger partial charge is 0.160 e. The SMILES string of the molecule is CC1(C)c2ccccc2-c2c(-c3ccc4c(c3)c3cc(-c5cc(-c6ccccc6)nc(-c6ccccc6)n5)ccc3n4-c3cccc(-c4ccccc4)c3)cccc21.c1ccc(-c2cccc3c2sc2c(-c4ccc5c(c4)c4ccc6ccccc6c4n5-c4cc5ccccc5c5ncccc45)cccc23)cc1.c1cnc2c(-c3ccc(-n4c5ccccc5c5cc(-c6ccc7c(c6)oc6ccccc67)ccc54)cc3)cccc2c1. The van der Waals surface area contributed by atoms with E-state index in [1.807, 2.05) is 66.2 Å². The van der Waals surface area contributed by atoms with Crippen molar-refractivity contribution >= 4 is 162 Å². The van der Waals surface area contributed by atoms with Crippen LogP contribution in [0.3, 0.4) is 0 Å². The lowest BCUT2D eigenvalue weighted by atomic mass is 9.82. The van der Waals surface area contributed by atoms with E-state index >= 15 is 0 Å². The fourth-order valence-electron chi connectivity index (χ4n) is 23.8. The van der Waals surface area contributed by atoms with Crippen molar-refractivity contribution in [3.63, 3.8) is 0 Å². The number of hydrogen-bond acceptors (Lipinski definition) is 6. The van der Waals surface area contributed by atoms with Crippen LogP contribution in [0.1, 0.15) is 25.0 Å². The number of pyridine rings is 2. The number of rotatable bonds is 12. The third-order valence-corrected chi connectivity index (χ3v) is 32.2. The van der Waals surface area contributed by atoms with Crippen molar-refractivity contribution in [1.82, 2.24) is 33.6 Å². The molecule has 0 atom stereocenters. The maximum absolute atomic E-state index is 6.19. The van der Waals surface area contributed by atoms with Crippen LogP contribution in [-0.2, 0) is 5.41 Å². The highest BCUT2D eigenvalue weighted by molar-refractivity contribution is 7.27. The molecular weight excluding hydrogens is 1840 g/mol. The van der Waals surface area contributed by atoms with E-state index in [-0.39, 0.29) is 5.41 Å². The monoisotopic (exact) mass is 1930 g/mol. The molecule has 22 aromatic carbocycles. The largest absolute Gasteiger partial charge is 0.456 e. The summed E-state index contributed by atoms with van der Waals surface area (Å²) in [7, 11) is 0. The van der Waals surface area contributed by atoms with Gasteiger partial charge in [0.15, 0.2) is 5.82 Å². The first kappa shape index (κ1) is 87.3. The number of fused-ring (bicyclic) bond motifs is 24. The molecule has 0 amide bonds. The van der Waals surface area contributed by atoms with Crippen molar-refractivity contribution < 1.29 is 4.42 Å². The molecule has 0 spiro atoms. The maximum Gasteiger partial charge on any atom is 0.160 e. The summed E-state index contributed by atoms with van der Waals surface area (Å²) in [5.41, 5.74) is 39.1. The van der Waals surface area contributed by atoms with Gasteiger partial charge >= 0.3 is 0 Å². The van der Waals surface area contributed by atoms with Gasteiger partial charge in [-0.25, -0.2) is 9.97 Å². The number of furan rings is 1. The number of thiophene rings is 1. The molecular formula is C141H91N7OS. The predicted octanol–water partition coefficient (Wildman–Crippen LogP) is 38.1. The molecule has 30 aromatic rings. The zero-order chi connectivity index (χ0) is 99.2. The minimum absolute atomic E-state index is 0.0739. The van der Waals surface area contributed by atoms with Crippen LogP contribution in [0, 0.1) is 0 Å². The third-order valence-electron chi connectivity index (χ3n) is 30.9. The lowest BCUT2D eigenvalue weighted by Crippen LogP contribution is -2.14. The average molecular weight is 1930 g/mol. The van der Waals surface area contributed by atoms with Crippen LogP contribution in [-0.4, -0.2) is 33.6 Å². The van der Waals surface area contributed by atoms with E-state index in [0.717, 1.165) is 117 Å². The Kier molecular flexibility index (Phi) is 20.7. The van der Waals surface area contributed by atoms with Gasteiger partial charge in [-0.3, -0.25) is 9.97 Å². The Balaban J connectivity index is 0.000000107. The van der Waals surface area contributed by atoms with Crippen LogP contribution in [0.5, 0.6) is 0 Å². The Hall–Kier alpha value is -19.3. The Morgan fingerprint density at radius 2 is 0.673 bits per heavy atom. The van der Waals surface area contributed by atoms with E-state index in [1.165, 1.54) is 168 Å². The second-order valence-electron chi connectivity index (χ2n) is 39.7. The molecule has 0 unspecified atom stereocenters. The highest BCUT2D eigenvalue weighted by Crippen LogP contribution is 2.54. The third kappa shape index (κ3) is 14.6. The minimum Gasteiger partial charge on any atom is -0.456 e. The second kappa shape index (κ2) is 35.6. The lowest BCUT2D eigenvalue weighted by molar-refractivity contribution is 0.660. The molecule has 8 nitrogen and oxygen atoms in total. The number of aromatic nitrogens is 7. The van der Waals surface area contributed by atoms with Gasteiger partial charge in [0.1, 0.15) is 11.2 Å². The second-order valence-corrected chi connectivity index (χ2v) is 40.7. The van der Waals surface area contributed by atoms with Crippen molar-refractivity contribution in [1.29, 1.82) is 0 Å². The van der Waals surface area contributed by atoms with E-state index in [0.29, 0.717) is 5.82 Å². The summed E-state index contributed by atoms with van der Waals surface area (Å²) in [5, 5.41) is 19.4. The van der Waals surface area contributed by atoms with Crippen LogP contribution >= 0.6 is 11.3 Å². The molecule has 8 heterocycles. The Morgan fingerprint density at radius 1 is 0.227 bits per heavy atom. The number of benzene rings is 22. The van der Waals surface area contributed by atoms with Crippen LogP contribution in [0.4, 0.5) is 0 Å². The highest BCUT2D eigenvalue weighted by atomic mass is 32.1. The topological polar surface area (TPSA) is 79.5 Å². The molecule has 702 valence electrons. The quantitative estimate of drug-likeness (QED) is 0.114. The lowest BCUT2D eigenvalue weighted by Gasteiger charge is -2.21. The van der Waals surface area contributed by atoms with E-state index < -0.39 is 0 Å². The van der Waals surface area contributed by atoms with Crippen molar-refractivity contribution in [3.05, 3.63) is 527 Å². The van der Waals surface area contributed by atoms with E-state index in [1.54, 1.807) is 0 Å². The maximum atomic E-state index is 6.19. The summed E-state index contributed by atoms with van der Waals surface area (Å²) >= 11 is 1.91. The summed E-state index contributed by atoms with van der Waals surface area (Å²) in [4.78, 5) is 19.9. The van der Waals surface area contributed by atoms with Crippen molar-refractivity contribution in [2.24, 2.45) is 0 Å². The summed E-state index contributed by atoms with van der Waals surface area (Å²) in [6.07, 6.45) is 3.77. The van der Waals surface area contributed by atoms with E-state index in [2.05, 4.69) is 494 Å². The van der Waals surface area contributed by atoms with Gasteiger partial charge in [0.05, 0.1) is 61.2 Å². The molecule has 1 aliphatic carbocycles. The van der Waals surface area contributed by atoms with Gasteiger partial charge in [0.25, 0.3) is 0 Å². The number of nitrogens with zero attached hydrogens (tertiary/aromatic N) is 7. The molecule has 0 saturated heterocycles. The van der Waals surface area contributed by atoms with Gasteiger partial charge in [-0.05, 0) is 222 Å². The molecule has 0 saturated carbocycles. The number of hydrogen-bond donors (Lipinski definition) is 0. The Morgan fingerprint density at radius 3 is 1.43 bits per heavy atom. The van der Waals surface area contributed by atoms with Crippen LogP contribution in [0.25, 0.3) is 280 Å². The summed E-state index contributed by atoms with van der Waals surface area (Å²) in [5.74, 6) is 0.709. The predicted molar refractivity (Wildman–Crippen MR) is 630 cm³/mol. The molecule has 9 heteroatoms. The molecule has 31 rings (SSSR count). The van der Waals surface area contributed by atoms with Crippen molar-refractivity contribution in [3.8, 4) is 129 Å². The summed E-state index contributed by atoms with van der Waals surface area (Å²) < 4.78 is 16.1. The molecule has 0 bridgehead atoms. The van der Waals surface area contributed by atoms with Crippen molar-refractivity contribution in [2.75, 3.05) is 0 Å². The number of para-hydroxylation sites is 3. The summed E-state index contributed by atoms with van der Waals surface area (Å²) in [6.45, 7) is 4.70.